The van der Waals surface area contributed by atoms with Gasteiger partial charge in [0.1, 0.15) is 6.54 Å². The van der Waals surface area contributed by atoms with E-state index in [1.807, 2.05) is 19.1 Å². The van der Waals surface area contributed by atoms with Gasteiger partial charge < -0.3 is 0 Å². The predicted molar refractivity (Wildman–Crippen MR) is 56.9 cm³/mol. The van der Waals surface area contributed by atoms with Crippen LogP contribution in [0.3, 0.4) is 0 Å². The average Bonchev–Trinajstić information content (AvgIpc) is 2.70. The first kappa shape index (κ1) is 9.85. The number of carbonyl (C=O) groups excluding carboxylic acids is 2. The van der Waals surface area contributed by atoms with Crippen molar-refractivity contribution >= 4 is 29.5 Å². The number of nitrogens with one attached hydrogen (secondary N) is 1. The molecule has 2 heterocycles. The molecule has 5 nitrogen and oxygen atoms in total. The van der Waals surface area contributed by atoms with Crippen LogP contribution in [0.4, 0.5) is 4.79 Å². The molecule has 1 N–H and O–H groups in total. The Bertz CT molecular complexity index is 438. The Morgan fingerprint density at radius 3 is 2.87 bits per heavy atom. The molecule has 78 valence electrons. The Morgan fingerprint density at radius 1 is 1.53 bits per heavy atom. The lowest BCUT2D eigenvalue weighted by Gasteiger charge is -2.02. The van der Waals surface area contributed by atoms with Gasteiger partial charge in [0.2, 0.25) is 5.91 Å². The third-order valence-electron chi connectivity index (χ3n) is 1.86. The van der Waals surface area contributed by atoms with Crippen LogP contribution in [-0.4, -0.2) is 29.7 Å². The van der Waals surface area contributed by atoms with Gasteiger partial charge in [0.15, 0.2) is 0 Å². The molecule has 0 atom stereocenters. The summed E-state index contributed by atoms with van der Waals surface area (Å²) in [5.74, 6) is -0.320. The second-order valence-corrected chi connectivity index (χ2v) is 4.42. The van der Waals surface area contributed by atoms with Gasteiger partial charge in [-0.05, 0) is 19.1 Å². The minimum absolute atomic E-state index is 0.000307. The fourth-order valence-electron chi connectivity index (χ4n) is 1.17. The van der Waals surface area contributed by atoms with E-state index in [0.29, 0.717) is 0 Å². The average molecular weight is 223 g/mol. The molecule has 3 amide bonds. The van der Waals surface area contributed by atoms with E-state index in [1.54, 1.807) is 17.6 Å². The van der Waals surface area contributed by atoms with Crippen LogP contribution in [0, 0.1) is 6.92 Å². The van der Waals surface area contributed by atoms with E-state index >= 15 is 0 Å². The molecule has 1 aliphatic rings. The topological polar surface area (TPSA) is 61.8 Å². The molecule has 0 aromatic carbocycles. The Hall–Kier alpha value is -1.69. The van der Waals surface area contributed by atoms with Crippen molar-refractivity contribution in [2.75, 3.05) is 6.54 Å². The monoisotopic (exact) mass is 223 g/mol. The van der Waals surface area contributed by atoms with Crippen LogP contribution in [-0.2, 0) is 4.79 Å². The van der Waals surface area contributed by atoms with E-state index < -0.39 is 6.03 Å². The van der Waals surface area contributed by atoms with Crippen LogP contribution in [0.25, 0.3) is 0 Å². The summed E-state index contributed by atoms with van der Waals surface area (Å²) in [4.78, 5) is 24.1. The third-order valence-corrected chi connectivity index (χ3v) is 2.79. The van der Waals surface area contributed by atoms with Gasteiger partial charge in [-0.2, -0.15) is 5.10 Å². The predicted octanol–water partition coefficient (Wildman–Crippen LogP) is 0.942. The molecule has 0 saturated carbocycles. The Labute approximate surface area is 90.4 Å². The maximum atomic E-state index is 11.1. The van der Waals surface area contributed by atoms with Crippen LogP contribution in [0.2, 0.25) is 0 Å². The molecule has 1 aromatic rings. The molecule has 1 saturated heterocycles. The molecule has 0 aliphatic carbocycles. The molecule has 1 aromatic heterocycles. The summed E-state index contributed by atoms with van der Waals surface area (Å²) < 4.78 is 0. The van der Waals surface area contributed by atoms with Crippen LogP contribution < -0.4 is 5.32 Å². The number of rotatable bonds is 2. The first-order valence-electron chi connectivity index (χ1n) is 4.37. The number of aryl methyl sites for hydroxylation is 1. The maximum Gasteiger partial charge on any atom is 0.344 e. The van der Waals surface area contributed by atoms with Crippen molar-refractivity contribution < 1.29 is 9.59 Å². The Kier molecular flexibility index (Phi) is 2.51. The summed E-state index contributed by atoms with van der Waals surface area (Å²) in [5, 5.41) is 7.18. The molecule has 2 rings (SSSR count). The van der Waals surface area contributed by atoms with Gasteiger partial charge in [-0.1, -0.05) is 0 Å². The van der Waals surface area contributed by atoms with Gasteiger partial charge in [0.05, 0.1) is 6.21 Å². The van der Waals surface area contributed by atoms with Gasteiger partial charge >= 0.3 is 6.03 Å². The Morgan fingerprint density at radius 2 is 2.33 bits per heavy atom. The van der Waals surface area contributed by atoms with E-state index in [0.717, 1.165) is 9.89 Å². The zero-order valence-corrected chi connectivity index (χ0v) is 8.87. The number of hydrazone groups is 1. The van der Waals surface area contributed by atoms with Gasteiger partial charge in [-0.25, -0.2) is 9.80 Å². The van der Waals surface area contributed by atoms with Gasteiger partial charge in [0.25, 0.3) is 0 Å². The van der Waals surface area contributed by atoms with Crippen molar-refractivity contribution in [2.45, 2.75) is 6.92 Å². The fourth-order valence-corrected chi connectivity index (χ4v) is 1.92. The molecule has 0 bridgehead atoms. The first-order valence-corrected chi connectivity index (χ1v) is 5.18. The molecule has 0 unspecified atom stereocenters. The molecule has 1 fully saturated rings. The number of imide groups is 1. The molecule has 15 heavy (non-hydrogen) atoms. The lowest BCUT2D eigenvalue weighted by molar-refractivity contribution is -0.118. The molecule has 0 radical (unpaired) electrons. The van der Waals surface area contributed by atoms with Gasteiger partial charge in [-0.15, -0.1) is 11.3 Å². The molecular weight excluding hydrogens is 214 g/mol. The minimum atomic E-state index is -0.468. The summed E-state index contributed by atoms with van der Waals surface area (Å²) in [6, 6.07) is 3.42. The van der Waals surface area contributed by atoms with Crippen LogP contribution in [0.1, 0.15) is 9.75 Å². The number of hydrogen-bond acceptors (Lipinski definition) is 4. The highest BCUT2D eigenvalue weighted by atomic mass is 32.1. The summed E-state index contributed by atoms with van der Waals surface area (Å²) in [6.45, 7) is 1.99. The number of nitrogens with zero attached hydrogens (tertiary/aromatic N) is 2. The number of amides is 3. The smallest absolute Gasteiger partial charge is 0.275 e. The van der Waals surface area contributed by atoms with E-state index in [9.17, 15) is 9.59 Å². The number of thiophene rings is 1. The van der Waals surface area contributed by atoms with Crippen LogP contribution >= 0.6 is 11.3 Å². The first-order chi connectivity index (χ1) is 7.15. The van der Waals surface area contributed by atoms with Crippen molar-refractivity contribution in [3.63, 3.8) is 0 Å². The molecule has 1 aliphatic heterocycles. The van der Waals surface area contributed by atoms with Crippen molar-refractivity contribution in [3.05, 3.63) is 21.9 Å². The van der Waals surface area contributed by atoms with E-state index in [4.69, 9.17) is 0 Å². The SMILES string of the molecule is Cc1ccc(/C=N\N2CC(=O)NC2=O)s1. The second kappa shape index (κ2) is 3.82. The molecule has 6 heteroatoms. The summed E-state index contributed by atoms with van der Waals surface area (Å²) in [5.41, 5.74) is 0. The lowest BCUT2D eigenvalue weighted by Crippen LogP contribution is -2.24. The van der Waals surface area contributed by atoms with Gasteiger partial charge in [-0.3, -0.25) is 10.1 Å². The fraction of sp³-hybridized carbons (Fsp3) is 0.222. The largest absolute Gasteiger partial charge is 0.344 e. The van der Waals surface area contributed by atoms with E-state index in [2.05, 4.69) is 10.4 Å². The van der Waals surface area contributed by atoms with Crippen molar-refractivity contribution in [1.82, 2.24) is 10.3 Å². The Balaban J connectivity index is 2.06. The number of carbonyl (C=O) groups is 2. The minimum Gasteiger partial charge on any atom is -0.275 e. The van der Waals surface area contributed by atoms with Gasteiger partial charge in [0, 0.05) is 9.75 Å². The lowest BCUT2D eigenvalue weighted by atomic mass is 10.4. The van der Waals surface area contributed by atoms with E-state index in [1.165, 1.54) is 4.88 Å². The van der Waals surface area contributed by atoms with Crippen LogP contribution in [0.15, 0.2) is 17.2 Å². The second-order valence-electron chi connectivity index (χ2n) is 3.10. The van der Waals surface area contributed by atoms with Crippen molar-refractivity contribution in [1.29, 1.82) is 0 Å². The van der Waals surface area contributed by atoms with Crippen molar-refractivity contribution in [2.24, 2.45) is 5.10 Å². The summed E-state index contributed by atoms with van der Waals surface area (Å²) in [7, 11) is 0. The third kappa shape index (κ3) is 2.21. The zero-order chi connectivity index (χ0) is 10.8. The zero-order valence-electron chi connectivity index (χ0n) is 8.06. The number of urea groups is 1. The highest BCUT2D eigenvalue weighted by Gasteiger charge is 2.25. The highest BCUT2D eigenvalue weighted by Crippen LogP contribution is 2.12. The summed E-state index contributed by atoms with van der Waals surface area (Å²) >= 11 is 1.58. The normalized spacial score (nSPS) is 16.5. The quantitative estimate of drug-likeness (QED) is 0.599. The standard InChI is InChI=1S/C9H9N3O2S/c1-6-2-3-7(15-6)4-10-12-5-8(13)11-9(12)14/h2-4H,5H2,1H3,(H,11,13,14)/b10-4-. The van der Waals surface area contributed by atoms with E-state index in [-0.39, 0.29) is 12.5 Å². The number of hydrogen-bond donors (Lipinski definition) is 1. The maximum absolute atomic E-state index is 11.1. The van der Waals surface area contributed by atoms with Crippen LogP contribution in [0.5, 0.6) is 0 Å². The molecular formula is C9H9N3O2S. The highest BCUT2D eigenvalue weighted by molar-refractivity contribution is 7.13. The summed E-state index contributed by atoms with van der Waals surface area (Å²) in [6.07, 6.45) is 1.58. The van der Waals surface area contributed by atoms with Crippen molar-refractivity contribution in [3.8, 4) is 0 Å². The molecule has 0 spiro atoms.